The molecular weight excluding hydrogens is 288 g/mol. The van der Waals surface area contributed by atoms with Crippen LogP contribution in [0.15, 0.2) is 37.1 Å². The van der Waals surface area contributed by atoms with E-state index in [9.17, 15) is 4.79 Å². The molecule has 0 radical (unpaired) electrons. The highest BCUT2D eigenvalue weighted by Gasteiger charge is 2.16. The Bertz CT molecular complexity index is 677. The van der Waals surface area contributed by atoms with Gasteiger partial charge in [0.05, 0.1) is 0 Å². The van der Waals surface area contributed by atoms with Gasteiger partial charge in [0.25, 0.3) is 0 Å². The number of hydrogen-bond acceptors (Lipinski definition) is 3. The van der Waals surface area contributed by atoms with Crippen molar-refractivity contribution in [3.63, 3.8) is 0 Å². The molecule has 0 spiro atoms. The van der Waals surface area contributed by atoms with Crippen LogP contribution in [0.25, 0.3) is 0 Å². The summed E-state index contributed by atoms with van der Waals surface area (Å²) in [4.78, 5) is 16.2. The van der Waals surface area contributed by atoms with E-state index in [4.69, 9.17) is 16.3 Å². The Balaban J connectivity index is 2.12. The van der Waals surface area contributed by atoms with Crippen LogP contribution >= 0.6 is 11.6 Å². The minimum Gasteiger partial charge on any atom is -0.482 e. The number of aryl methyl sites for hydroxylation is 1. The van der Waals surface area contributed by atoms with Gasteiger partial charge >= 0.3 is 0 Å². The van der Waals surface area contributed by atoms with Gasteiger partial charge in [-0.05, 0) is 32.0 Å². The van der Waals surface area contributed by atoms with E-state index in [-0.39, 0.29) is 17.5 Å². The second-order valence-corrected chi connectivity index (χ2v) is 5.05. The number of ether oxygens (including phenoxy) is 1. The Labute approximate surface area is 129 Å². The number of pyridine rings is 1. The monoisotopic (exact) mass is 304 g/mol. The Morgan fingerprint density at radius 3 is 2.95 bits per heavy atom. The Morgan fingerprint density at radius 2 is 2.29 bits per heavy atom. The lowest BCUT2D eigenvalue weighted by atomic mass is 10.1. The summed E-state index contributed by atoms with van der Waals surface area (Å²) >= 11 is 5.89. The lowest BCUT2D eigenvalue weighted by Gasteiger charge is -2.08. The van der Waals surface area contributed by atoms with E-state index < -0.39 is 0 Å². The van der Waals surface area contributed by atoms with Crippen molar-refractivity contribution in [3.8, 4) is 5.75 Å². The minimum atomic E-state index is -0.0849. The molecule has 0 N–H and O–H groups in total. The van der Waals surface area contributed by atoms with Gasteiger partial charge in [-0.25, -0.2) is 4.98 Å². The summed E-state index contributed by atoms with van der Waals surface area (Å²) in [5.41, 5.74) is 2.60. The zero-order valence-corrected chi connectivity index (χ0v) is 12.9. The van der Waals surface area contributed by atoms with Crippen molar-refractivity contribution < 1.29 is 9.53 Å². The molecule has 0 unspecified atom stereocenters. The summed E-state index contributed by atoms with van der Waals surface area (Å²) < 4.78 is 7.48. The minimum absolute atomic E-state index is 0.0657. The van der Waals surface area contributed by atoms with Crippen LogP contribution in [0.2, 0.25) is 5.15 Å². The van der Waals surface area contributed by atoms with Crippen LogP contribution in [0.3, 0.4) is 0 Å². The molecule has 5 heteroatoms. The summed E-state index contributed by atoms with van der Waals surface area (Å²) in [6.07, 6.45) is 3.38. The van der Waals surface area contributed by atoms with Crippen molar-refractivity contribution in [1.82, 2.24) is 9.55 Å². The van der Waals surface area contributed by atoms with E-state index in [1.165, 1.54) is 0 Å². The van der Waals surface area contributed by atoms with E-state index in [1.54, 1.807) is 24.4 Å². The quantitative estimate of drug-likeness (QED) is 0.465. The lowest BCUT2D eigenvalue weighted by molar-refractivity contribution is 0.0920. The summed E-state index contributed by atoms with van der Waals surface area (Å²) in [5, 5.41) is 0.252. The van der Waals surface area contributed by atoms with Gasteiger partial charge in [0.15, 0.2) is 17.5 Å². The standard InChI is InChI=1S/C16H17ClN2O2/c1-4-8-19-11(2)9-13(12(19)3)14(20)10-21-15-6-5-7-18-16(15)17/h4-7,9H,1,8,10H2,2-3H3. The number of carbonyl (C=O) groups excluding carboxylic acids is 1. The molecule has 0 amide bonds. The van der Waals surface area contributed by atoms with Crippen molar-refractivity contribution in [2.24, 2.45) is 0 Å². The summed E-state index contributed by atoms with van der Waals surface area (Å²) in [6.45, 7) is 8.22. The fraction of sp³-hybridized carbons (Fsp3) is 0.250. The Morgan fingerprint density at radius 1 is 1.52 bits per heavy atom. The summed E-state index contributed by atoms with van der Waals surface area (Å²) in [6, 6.07) is 5.26. The Hall–Kier alpha value is -2.07. The first-order valence-electron chi connectivity index (χ1n) is 6.58. The zero-order valence-electron chi connectivity index (χ0n) is 12.1. The molecule has 2 aromatic rings. The molecule has 2 heterocycles. The molecule has 0 saturated carbocycles. The molecule has 0 aliphatic heterocycles. The number of hydrogen-bond donors (Lipinski definition) is 0. The molecule has 21 heavy (non-hydrogen) atoms. The zero-order chi connectivity index (χ0) is 15.4. The van der Waals surface area contributed by atoms with E-state index >= 15 is 0 Å². The first-order chi connectivity index (χ1) is 10.0. The third-order valence-electron chi connectivity index (χ3n) is 3.27. The average molecular weight is 305 g/mol. The van der Waals surface area contributed by atoms with Crippen LogP contribution in [0.4, 0.5) is 0 Å². The van der Waals surface area contributed by atoms with Crippen LogP contribution < -0.4 is 4.74 Å². The SMILES string of the molecule is C=CCn1c(C)cc(C(=O)COc2cccnc2Cl)c1C. The highest BCUT2D eigenvalue weighted by atomic mass is 35.5. The van der Waals surface area contributed by atoms with E-state index in [1.807, 2.05) is 24.5 Å². The maximum atomic E-state index is 12.3. The maximum Gasteiger partial charge on any atom is 0.202 e. The Kier molecular flexibility index (Phi) is 4.81. The molecule has 0 atom stereocenters. The molecule has 0 aliphatic rings. The number of Topliss-reactive ketones (excluding diaryl/α,β-unsaturated/α-hetero) is 1. The van der Waals surface area contributed by atoms with Gasteiger partial charge in [-0.2, -0.15) is 0 Å². The number of ketones is 1. The second-order valence-electron chi connectivity index (χ2n) is 4.69. The van der Waals surface area contributed by atoms with Crippen molar-refractivity contribution in [2.75, 3.05) is 6.61 Å². The molecule has 2 rings (SSSR count). The molecule has 2 aromatic heterocycles. The third kappa shape index (κ3) is 3.34. The summed E-state index contributed by atoms with van der Waals surface area (Å²) in [5.74, 6) is 0.325. The third-order valence-corrected chi connectivity index (χ3v) is 3.55. The molecule has 0 saturated heterocycles. The highest BCUT2D eigenvalue weighted by molar-refractivity contribution is 6.30. The van der Waals surface area contributed by atoms with Gasteiger partial charge < -0.3 is 9.30 Å². The molecule has 0 aromatic carbocycles. The number of halogens is 1. The van der Waals surface area contributed by atoms with Gasteiger partial charge in [0.1, 0.15) is 0 Å². The number of allylic oxidation sites excluding steroid dienone is 1. The van der Waals surface area contributed by atoms with E-state index in [0.29, 0.717) is 17.9 Å². The normalized spacial score (nSPS) is 10.4. The lowest BCUT2D eigenvalue weighted by Crippen LogP contribution is -2.13. The van der Waals surface area contributed by atoms with E-state index in [0.717, 1.165) is 11.4 Å². The maximum absolute atomic E-state index is 12.3. The predicted octanol–water partition coefficient (Wildman–Crippen LogP) is 3.60. The number of aromatic nitrogens is 2. The molecule has 0 fully saturated rings. The smallest absolute Gasteiger partial charge is 0.202 e. The van der Waals surface area contributed by atoms with Crippen LogP contribution in [0.1, 0.15) is 21.7 Å². The van der Waals surface area contributed by atoms with Gasteiger partial charge in [0, 0.05) is 29.7 Å². The van der Waals surface area contributed by atoms with Crippen molar-refractivity contribution in [3.05, 3.63) is 59.2 Å². The largest absolute Gasteiger partial charge is 0.482 e. The fourth-order valence-electron chi connectivity index (χ4n) is 2.19. The molecular formula is C16H17ClN2O2. The second kappa shape index (κ2) is 6.59. The van der Waals surface area contributed by atoms with Crippen molar-refractivity contribution in [1.29, 1.82) is 0 Å². The molecule has 4 nitrogen and oxygen atoms in total. The average Bonchev–Trinajstić information content (AvgIpc) is 2.75. The van der Waals surface area contributed by atoms with Crippen LogP contribution in [0.5, 0.6) is 5.75 Å². The number of carbonyl (C=O) groups is 1. The van der Waals surface area contributed by atoms with Gasteiger partial charge in [-0.1, -0.05) is 17.7 Å². The van der Waals surface area contributed by atoms with Crippen molar-refractivity contribution in [2.45, 2.75) is 20.4 Å². The van der Waals surface area contributed by atoms with E-state index in [2.05, 4.69) is 11.6 Å². The first-order valence-corrected chi connectivity index (χ1v) is 6.96. The summed E-state index contributed by atoms with van der Waals surface area (Å²) in [7, 11) is 0. The topological polar surface area (TPSA) is 44.1 Å². The van der Waals surface area contributed by atoms with Crippen LogP contribution in [0, 0.1) is 13.8 Å². The molecule has 110 valence electrons. The highest BCUT2D eigenvalue weighted by Crippen LogP contribution is 2.21. The van der Waals surface area contributed by atoms with Crippen LogP contribution in [-0.4, -0.2) is 21.9 Å². The van der Waals surface area contributed by atoms with Gasteiger partial charge in [0.2, 0.25) is 5.78 Å². The van der Waals surface area contributed by atoms with Gasteiger partial charge in [-0.15, -0.1) is 6.58 Å². The van der Waals surface area contributed by atoms with Crippen molar-refractivity contribution >= 4 is 17.4 Å². The predicted molar refractivity (Wildman–Crippen MR) is 83.2 cm³/mol. The van der Waals surface area contributed by atoms with Gasteiger partial charge in [-0.3, -0.25) is 4.79 Å². The fourth-order valence-corrected chi connectivity index (χ4v) is 2.37. The number of nitrogens with zero attached hydrogens (tertiary/aromatic N) is 2. The number of rotatable bonds is 6. The molecule has 0 bridgehead atoms. The molecule has 0 aliphatic carbocycles. The first kappa shape index (κ1) is 15.3. The van der Waals surface area contributed by atoms with Crippen LogP contribution in [-0.2, 0) is 6.54 Å².